The van der Waals surface area contributed by atoms with Crippen LogP contribution in [-0.2, 0) is 0 Å². The van der Waals surface area contributed by atoms with Crippen LogP contribution in [0.1, 0.15) is 32.6 Å². The van der Waals surface area contributed by atoms with Crippen LogP contribution in [0.5, 0.6) is 0 Å². The molecule has 0 unspecified atom stereocenters. The quantitative estimate of drug-likeness (QED) is 0.719. The van der Waals surface area contributed by atoms with Gasteiger partial charge in [-0.15, -0.1) is 0 Å². The minimum atomic E-state index is 0.786. The van der Waals surface area contributed by atoms with Crippen molar-refractivity contribution in [1.82, 2.24) is 0 Å². The zero-order valence-electron chi connectivity index (χ0n) is 9.02. The van der Waals surface area contributed by atoms with Crippen molar-refractivity contribution < 1.29 is 0 Å². The van der Waals surface area contributed by atoms with Gasteiger partial charge in [-0.2, -0.15) is 0 Å². The van der Waals surface area contributed by atoms with Gasteiger partial charge >= 0.3 is 0 Å². The maximum absolute atomic E-state index is 6.05. The molecule has 0 saturated heterocycles. The van der Waals surface area contributed by atoms with Gasteiger partial charge in [0.05, 0.1) is 10.7 Å². The van der Waals surface area contributed by atoms with Gasteiger partial charge in [-0.25, -0.2) is 0 Å². The molecule has 0 fully saturated rings. The van der Waals surface area contributed by atoms with Crippen molar-refractivity contribution in [2.24, 2.45) is 0 Å². The van der Waals surface area contributed by atoms with Gasteiger partial charge in [-0.1, -0.05) is 53.7 Å². The number of benzene rings is 1. The fraction of sp³-hybridized carbons (Fsp3) is 0.500. The molecule has 0 bridgehead atoms. The topological polar surface area (TPSA) is 12.0 Å². The van der Waals surface area contributed by atoms with E-state index in [9.17, 15) is 0 Å². The summed E-state index contributed by atoms with van der Waals surface area (Å²) in [6.45, 7) is 3.22. The highest BCUT2D eigenvalue weighted by atomic mass is 79.9. The van der Waals surface area contributed by atoms with Crippen LogP contribution in [0, 0.1) is 0 Å². The van der Waals surface area contributed by atoms with Gasteiger partial charge in [0.1, 0.15) is 0 Å². The summed E-state index contributed by atoms with van der Waals surface area (Å²) in [5.41, 5.74) is 1.02. The summed E-state index contributed by atoms with van der Waals surface area (Å²) in [6.07, 6.45) is 5.08. The molecule has 0 heterocycles. The zero-order valence-corrected chi connectivity index (χ0v) is 11.4. The van der Waals surface area contributed by atoms with Crippen LogP contribution in [0.4, 0.5) is 5.69 Å². The molecule has 0 aliphatic heterocycles. The summed E-state index contributed by atoms with van der Waals surface area (Å²) in [5.74, 6) is 0. The molecule has 0 aliphatic rings. The molecule has 0 saturated carbocycles. The molecule has 0 radical (unpaired) electrons. The first-order valence-corrected chi connectivity index (χ1v) is 6.60. The standard InChI is InChI=1S/C12H17BrClN/c1-2-3-4-5-8-15-12-9-10(13)6-7-11(12)14/h6-7,9,15H,2-5,8H2,1H3. The summed E-state index contributed by atoms with van der Waals surface area (Å²) in [6, 6.07) is 5.87. The SMILES string of the molecule is CCCCCCNc1cc(Br)ccc1Cl. The van der Waals surface area contributed by atoms with Crippen LogP contribution >= 0.6 is 27.5 Å². The summed E-state index contributed by atoms with van der Waals surface area (Å²) < 4.78 is 1.06. The molecule has 15 heavy (non-hydrogen) atoms. The molecular formula is C12H17BrClN. The molecule has 0 atom stereocenters. The smallest absolute Gasteiger partial charge is 0.0638 e. The van der Waals surface area contributed by atoms with E-state index in [1.165, 1.54) is 25.7 Å². The van der Waals surface area contributed by atoms with E-state index in [2.05, 4.69) is 28.2 Å². The molecule has 1 rings (SSSR count). The average Bonchev–Trinajstić information content (AvgIpc) is 2.23. The highest BCUT2D eigenvalue weighted by Gasteiger charge is 1.99. The van der Waals surface area contributed by atoms with Crippen LogP contribution in [-0.4, -0.2) is 6.54 Å². The number of hydrogen-bond donors (Lipinski definition) is 1. The first kappa shape index (κ1) is 12.9. The van der Waals surface area contributed by atoms with Crippen molar-refractivity contribution in [3.63, 3.8) is 0 Å². The third kappa shape index (κ3) is 4.89. The summed E-state index contributed by atoms with van der Waals surface area (Å²) in [5, 5.41) is 4.14. The predicted molar refractivity (Wildman–Crippen MR) is 71.8 cm³/mol. The largest absolute Gasteiger partial charge is 0.384 e. The normalized spacial score (nSPS) is 10.3. The van der Waals surface area contributed by atoms with E-state index in [0.717, 1.165) is 21.7 Å². The van der Waals surface area contributed by atoms with Gasteiger partial charge < -0.3 is 5.32 Å². The van der Waals surface area contributed by atoms with Gasteiger partial charge in [0.15, 0.2) is 0 Å². The molecule has 0 aromatic heterocycles. The number of unbranched alkanes of at least 4 members (excludes halogenated alkanes) is 3. The minimum Gasteiger partial charge on any atom is -0.384 e. The molecular weight excluding hydrogens is 273 g/mol. The van der Waals surface area contributed by atoms with E-state index in [1.54, 1.807) is 0 Å². The molecule has 3 heteroatoms. The monoisotopic (exact) mass is 289 g/mol. The van der Waals surface area contributed by atoms with Crippen LogP contribution in [0.3, 0.4) is 0 Å². The molecule has 1 nitrogen and oxygen atoms in total. The lowest BCUT2D eigenvalue weighted by Gasteiger charge is -2.08. The van der Waals surface area contributed by atoms with E-state index in [4.69, 9.17) is 11.6 Å². The minimum absolute atomic E-state index is 0.786. The zero-order chi connectivity index (χ0) is 11.1. The van der Waals surface area contributed by atoms with Crippen molar-refractivity contribution in [2.45, 2.75) is 32.6 Å². The second-order valence-electron chi connectivity index (χ2n) is 3.61. The van der Waals surface area contributed by atoms with Gasteiger partial charge in [-0.05, 0) is 24.6 Å². The number of hydrogen-bond acceptors (Lipinski definition) is 1. The van der Waals surface area contributed by atoms with E-state index in [1.807, 2.05) is 18.2 Å². The highest BCUT2D eigenvalue weighted by molar-refractivity contribution is 9.10. The average molecular weight is 291 g/mol. The van der Waals surface area contributed by atoms with Crippen LogP contribution < -0.4 is 5.32 Å². The Morgan fingerprint density at radius 2 is 2.07 bits per heavy atom. The van der Waals surface area contributed by atoms with Crippen LogP contribution in [0.25, 0.3) is 0 Å². The van der Waals surface area contributed by atoms with E-state index < -0.39 is 0 Å². The highest BCUT2D eigenvalue weighted by Crippen LogP contribution is 2.25. The van der Waals surface area contributed by atoms with E-state index in [0.29, 0.717) is 0 Å². The lowest BCUT2D eigenvalue weighted by atomic mass is 10.2. The molecule has 1 aromatic carbocycles. The molecule has 0 spiro atoms. The molecule has 0 amide bonds. The Morgan fingerprint density at radius 3 is 2.80 bits per heavy atom. The molecule has 1 aromatic rings. The van der Waals surface area contributed by atoms with Crippen molar-refractivity contribution in [1.29, 1.82) is 0 Å². The van der Waals surface area contributed by atoms with Crippen LogP contribution in [0.15, 0.2) is 22.7 Å². The van der Waals surface area contributed by atoms with Gasteiger partial charge in [0.25, 0.3) is 0 Å². The van der Waals surface area contributed by atoms with Crippen molar-refractivity contribution in [2.75, 3.05) is 11.9 Å². The summed E-state index contributed by atoms with van der Waals surface area (Å²) >= 11 is 9.48. The van der Waals surface area contributed by atoms with Gasteiger partial charge in [-0.3, -0.25) is 0 Å². The summed E-state index contributed by atoms with van der Waals surface area (Å²) in [7, 11) is 0. The van der Waals surface area contributed by atoms with Crippen molar-refractivity contribution in [3.05, 3.63) is 27.7 Å². The Morgan fingerprint density at radius 1 is 1.27 bits per heavy atom. The molecule has 1 N–H and O–H groups in total. The first-order valence-electron chi connectivity index (χ1n) is 5.43. The maximum Gasteiger partial charge on any atom is 0.0638 e. The van der Waals surface area contributed by atoms with E-state index in [-0.39, 0.29) is 0 Å². The first-order chi connectivity index (χ1) is 7.24. The number of nitrogens with one attached hydrogen (secondary N) is 1. The Bertz CT molecular complexity index is 302. The number of anilines is 1. The number of rotatable bonds is 6. The lowest BCUT2D eigenvalue weighted by Crippen LogP contribution is -2.01. The predicted octanol–water partition coefficient (Wildman–Crippen LogP) is 5.09. The lowest BCUT2D eigenvalue weighted by molar-refractivity contribution is 0.685. The second-order valence-corrected chi connectivity index (χ2v) is 4.93. The maximum atomic E-state index is 6.05. The van der Waals surface area contributed by atoms with Crippen molar-refractivity contribution >= 4 is 33.2 Å². The Hall–Kier alpha value is -0.210. The Kier molecular flexibility index (Phi) is 6.11. The van der Waals surface area contributed by atoms with Crippen LogP contribution in [0.2, 0.25) is 5.02 Å². The van der Waals surface area contributed by atoms with E-state index >= 15 is 0 Å². The second kappa shape index (κ2) is 7.13. The molecule has 0 aliphatic carbocycles. The number of halogens is 2. The van der Waals surface area contributed by atoms with Gasteiger partial charge in [0, 0.05) is 11.0 Å². The fourth-order valence-corrected chi connectivity index (χ4v) is 1.95. The Balaban J connectivity index is 2.33. The fourth-order valence-electron chi connectivity index (χ4n) is 1.41. The third-order valence-electron chi connectivity index (χ3n) is 2.27. The van der Waals surface area contributed by atoms with Crippen molar-refractivity contribution in [3.8, 4) is 0 Å². The Labute approximate surface area is 105 Å². The van der Waals surface area contributed by atoms with Gasteiger partial charge in [0.2, 0.25) is 0 Å². The summed E-state index contributed by atoms with van der Waals surface area (Å²) in [4.78, 5) is 0. The molecule has 84 valence electrons. The third-order valence-corrected chi connectivity index (χ3v) is 3.10.